The number of aromatic nitrogens is 3. The molecule has 2 fully saturated rings. The van der Waals surface area contributed by atoms with Gasteiger partial charge in [0.2, 0.25) is 17.8 Å². The van der Waals surface area contributed by atoms with Crippen molar-refractivity contribution in [1.29, 1.82) is 0 Å². The predicted molar refractivity (Wildman–Crippen MR) is 129 cm³/mol. The van der Waals surface area contributed by atoms with E-state index in [-0.39, 0.29) is 11.9 Å². The predicted octanol–water partition coefficient (Wildman–Crippen LogP) is 3.49. The number of hydrogen-bond acceptors (Lipinski definition) is 8. The second-order valence-electron chi connectivity index (χ2n) is 9.16. The summed E-state index contributed by atoms with van der Waals surface area (Å²) in [5, 5.41) is 6.67. The monoisotopic (exact) mass is 450 g/mol. The molecule has 2 aromatic rings. The zero-order chi connectivity index (χ0) is 22.8. The highest BCUT2D eigenvalue weighted by Crippen LogP contribution is 2.34. The van der Waals surface area contributed by atoms with Crippen LogP contribution in [0.5, 0.6) is 0 Å². The minimum atomic E-state index is -0.249. The molecule has 0 bridgehead atoms. The van der Waals surface area contributed by atoms with E-state index in [0.717, 1.165) is 44.1 Å². The fraction of sp³-hybridized carbons (Fsp3) is 0.500. The summed E-state index contributed by atoms with van der Waals surface area (Å²) in [5.74, 6) is 2.86. The number of likely N-dealkylation sites (N-methyl/N-ethyl adjacent to an activating group) is 1. The molecule has 1 aromatic carbocycles. The fourth-order valence-corrected chi connectivity index (χ4v) is 4.32. The van der Waals surface area contributed by atoms with Crippen molar-refractivity contribution in [3.63, 3.8) is 0 Å². The molecule has 1 saturated carbocycles. The minimum absolute atomic E-state index is 0.0878. The van der Waals surface area contributed by atoms with Gasteiger partial charge in [0.15, 0.2) is 0 Å². The lowest BCUT2D eigenvalue weighted by Crippen LogP contribution is -2.45. The maximum atomic E-state index is 13.3. The zero-order valence-corrected chi connectivity index (χ0v) is 19.3. The standard InChI is InChI=1S/C24H31FN8/c1-16(17-6-8-20(25)9-7-17)27-22-29-23(28-21-14-19(15-26-21)18-4-3-5-18)31-24(30-22)33-12-10-32(2)11-13-33/h6-9,14,16,18H,3-5,10-13,15H2,1-2H3,(H2,26,27,28,29,30,31). The number of piperazine rings is 1. The first-order valence-electron chi connectivity index (χ1n) is 11.8. The lowest BCUT2D eigenvalue weighted by molar-refractivity contribution is 0.311. The fourth-order valence-electron chi connectivity index (χ4n) is 4.32. The highest BCUT2D eigenvalue weighted by atomic mass is 19.1. The lowest BCUT2D eigenvalue weighted by Gasteiger charge is -2.32. The first kappa shape index (κ1) is 21.8. The van der Waals surface area contributed by atoms with Gasteiger partial charge in [0.1, 0.15) is 11.7 Å². The minimum Gasteiger partial charge on any atom is -0.348 e. The Labute approximate surface area is 194 Å². The molecule has 8 nitrogen and oxygen atoms in total. The Morgan fingerprint density at radius 1 is 1.00 bits per heavy atom. The summed E-state index contributed by atoms with van der Waals surface area (Å²) in [5.41, 5.74) is 2.36. The largest absolute Gasteiger partial charge is 0.348 e. The Bertz CT molecular complexity index is 1040. The number of halogens is 1. The van der Waals surface area contributed by atoms with Gasteiger partial charge in [0.05, 0.1) is 12.6 Å². The molecule has 1 atom stereocenters. The summed E-state index contributed by atoms with van der Waals surface area (Å²) in [4.78, 5) is 23.2. The van der Waals surface area contributed by atoms with Crippen LogP contribution in [-0.4, -0.2) is 65.5 Å². The Balaban J connectivity index is 1.37. The van der Waals surface area contributed by atoms with Crippen molar-refractivity contribution in [3.8, 4) is 0 Å². The summed E-state index contributed by atoms with van der Waals surface area (Å²) >= 11 is 0. The highest BCUT2D eigenvalue weighted by molar-refractivity contribution is 6.04. The van der Waals surface area contributed by atoms with E-state index in [1.807, 2.05) is 6.92 Å². The second-order valence-corrected chi connectivity index (χ2v) is 9.16. The third-order valence-corrected chi connectivity index (χ3v) is 6.75. The van der Waals surface area contributed by atoms with Crippen LogP contribution < -0.4 is 15.5 Å². The number of benzene rings is 1. The number of nitrogens with one attached hydrogen (secondary N) is 2. The van der Waals surface area contributed by atoms with Gasteiger partial charge in [-0.05, 0) is 62.1 Å². The van der Waals surface area contributed by atoms with Crippen molar-refractivity contribution < 1.29 is 4.39 Å². The van der Waals surface area contributed by atoms with Crippen LogP contribution in [0.3, 0.4) is 0 Å². The quantitative estimate of drug-likeness (QED) is 0.697. The van der Waals surface area contributed by atoms with E-state index in [0.29, 0.717) is 23.8 Å². The van der Waals surface area contributed by atoms with E-state index >= 15 is 0 Å². The number of anilines is 3. The van der Waals surface area contributed by atoms with Crippen LogP contribution in [0.25, 0.3) is 0 Å². The van der Waals surface area contributed by atoms with E-state index in [2.05, 4.69) is 43.5 Å². The first-order chi connectivity index (χ1) is 16.0. The molecule has 1 saturated heterocycles. The number of aliphatic imine (C=N–C) groups is 1. The van der Waals surface area contributed by atoms with Gasteiger partial charge >= 0.3 is 0 Å². The van der Waals surface area contributed by atoms with Gasteiger partial charge in [-0.1, -0.05) is 18.6 Å². The molecular weight excluding hydrogens is 419 g/mol. The summed E-state index contributed by atoms with van der Waals surface area (Å²) in [6.45, 7) is 6.41. The molecule has 9 heteroatoms. The van der Waals surface area contributed by atoms with Crippen LogP contribution in [0.15, 0.2) is 40.9 Å². The van der Waals surface area contributed by atoms with Crippen LogP contribution in [0, 0.1) is 11.7 Å². The lowest BCUT2D eigenvalue weighted by atomic mass is 9.80. The van der Waals surface area contributed by atoms with Crippen LogP contribution in [0.4, 0.5) is 22.2 Å². The Hall–Kier alpha value is -3.07. The Morgan fingerprint density at radius 3 is 2.42 bits per heavy atom. The van der Waals surface area contributed by atoms with Gasteiger partial charge in [0.25, 0.3) is 0 Å². The van der Waals surface area contributed by atoms with Gasteiger partial charge in [-0.25, -0.2) is 4.39 Å². The number of nitrogens with zero attached hydrogens (tertiary/aromatic N) is 6. The van der Waals surface area contributed by atoms with Crippen molar-refractivity contribution in [2.45, 2.75) is 32.2 Å². The van der Waals surface area contributed by atoms with Gasteiger partial charge in [-0.15, -0.1) is 0 Å². The van der Waals surface area contributed by atoms with E-state index in [9.17, 15) is 4.39 Å². The second kappa shape index (κ2) is 9.43. The summed E-state index contributed by atoms with van der Waals surface area (Å²) in [6, 6.07) is 6.39. The van der Waals surface area contributed by atoms with Crippen LogP contribution in [0.2, 0.25) is 0 Å². The molecule has 5 rings (SSSR count). The number of rotatable bonds is 6. The van der Waals surface area contributed by atoms with Crippen molar-refractivity contribution in [3.05, 3.63) is 47.3 Å². The molecule has 3 heterocycles. The summed E-state index contributed by atoms with van der Waals surface area (Å²) < 4.78 is 13.3. The topological polar surface area (TPSA) is 81.6 Å². The normalized spacial score (nSPS) is 20.2. The molecule has 174 valence electrons. The van der Waals surface area contributed by atoms with Gasteiger partial charge in [0, 0.05) is 26.2 Å². The maximum Gasteiger partial charge on any atom is 0.234 e. The molecule has 0 radical (unpaired) electrons. The van der Waals surface area contributed by atoms with Crippen LogP contribution >= 0.6 is 0 Å². The zero-order valence-electron chi connectivity index (χ0n) is 19.3. The maximum absolute atomic E-state index is 13.3. The molecular formula is C24H31FN8. The molecule has 2 aliphatic heterocycles. The SMILES string of the molecule is CC(Nc1nc(NC2=NCC(C3CCC3)=C2)nc(N2CCN(C)CC2)n1)c1ccc(F)cc1. The molecule has 1 aliphatic carbocycles. The van der Waals surface area contributed by atoms with Crippen molar-refractivity contribution in [1.82, 2.24) is 19.9 Å². The van der Waals surface area contributed by atoms with Crippen molar-refractivity contribution in [2.75, 3.05) is 55.3 Å². The highest BCUT2D eigenvalue weighted by Gasteiger charge is 2.25. The number of hydrogen-bond donors (Lipinski definition) is 2. The third kappa shape index (κ3) is 5.13. The van der Waals surface area contributed by atoms with Gasteiger partial charge in [-0.2, -0.15) is 15.0 Å². The molecule has 1 unspecified atom stereocenters. The molecule has 1 aromatic heterocycles. The van der Waals surface area contributed by atoms with Crippen molar-refractivity contribution >= 4 is 23.7 Å². The number of amidine groups is 1. The average molecular weight is 451 g/mol. The smallest absolute Gasteiger partial charge is 0.234 e. The van der Waals surface area contributed by atoms with Gasteiger partial charge in [-0.3, -0.25) is 4.99 Å². The van der Waals surface area contributed by atoms with Gasteiger partial charge < -0.3 is 20.4 Å². The molecule has 33 heavy (non-hydrogen) atoms. The van der Waals surface area contributed by atoms with E-state index in [1.54, 1.807) is 12.1 Å². The van der Waals surface area contributed by atoms with E-state index in [4.69, 9.17) is 9.97 Å². The molecule has 0 spiro atoms. The summed E-state index contributed by atoms with van der Waals surface area (Å²) in [7, 11) is 2.12. The molecule has 0 amide bonds. The Morgan fingerprint density at radius 2 is 1.73 bits per heavy atom. The van der Waals surface area contributed by atoms with Crippen LogP contribution in [-0.2, 0) is 0 Å². The summed E-state index contributed by atoms with van der Waals surface area (Å²) in [6.07, 6.45) is 6.00. The Kier molecular flexibility index (Phi) is 6.22. The van der Waals surface area contributed by atoms with E-state index < -0.39 is 0 Å². The van der Waals surface area contributed by atoms with E-state index in [1.165, 1.54) is 37.0 Å². The first-order valence-corrected chi connectivity index (χ1v) is 11.8. The van der Waals surface area contributed by atoms with Crippen LogP contribution in [0.1, 0.15) is 37.8 Å². The molecule has 2 N–H and O–H groups in total. The molecule has 3 aliphatic rings. The van der Waals surface area contributed by atoms with Crippen molar-refractivity contribution in [2.24, 2.45) is 10.9 Å². The third-order valence-electron chi connectivity index (χ3n) is 6.75. The average Bonchev–Trinajstić information content (AvgIpc) is 3.20.